The molecular formula is C24H23NO3. The summed E-state index contributed by atoms with van der Waals surface area (Å²) in [6, 6.07) is 25.0. The fourth-order valence-corrected chi connectivity index (χ4v) is 2.52. The Hall–Kier alpha value is -3.53. The van der Waals surface area contributed by atoms with Crippen LogP contribution < -0.4 is 14.2 Å². The number of nitrogens with zero attached hydrogens (tertiary/aromatic N) is 1. The zero-order chi connectivity index (χ0) is 19.8. The van der Waals surface area contributed by atoms with Crippen molar-refractivity contribution in [3.63, 3.8) is 0 Å². The molecule has 28 heavy (non-hydrogen) atoms. The SMILES string of the molecule is COc1ccccc1OC=C(C)/C(=N\c1ccccc1)Oc1cccc(C)c1. The minimum atomic E-state index is 0.465. The number of benzene rings is 3. The maximum absolute atomic E-state index is 6.08. The summed E-state index contributed by atoms with van der Waals surface area (Å²) in [5, 5.41) is 0. The van der Waals surface area contributed by atoms with E-state index in [4.69, 9.17) is 14.2 Å². The first-order chi connectivity index (χ1) is 13.7. The van der Waals surface area contributed by atoms with Gasteiger partial charge in [-0.2, -0.15) is 0 Å². The fourth-order valence-electron chi connectivity index (χ4n) is 2.52. The molecule has 0 fully saturated rings. The number of methoxy groups -OCH3 is 1. The van der Waals surface area contributed by atoms with E-state index in [0.717, 1.165) is 22.6 Å². The van der Waals surface area contributed by atoms with Gasteiger partial charge < -0.3 is 14.2 Å². The summed E-state index contributed by atoms with van der Waals surface area (Å²) in [5.41, 5.74) is 2.66. The van der Waals surface area contributed by atoms with Gasteiger partial charge in [0.25, 0.3) is 0 Å². The summed E-state index contributed by atoms with van der Waals surface area (Å²) in [4.78, 5) is 4.65. The van der Waals surface area contributed by atoms with Crippen molar-refractivity contribution in [1.29, 1.82) is 0 Å². The monoisotopic (exact) mass is 373 g/mol. The van der Waals surface area contributed by atoms with Gasteiger partial charge in [0.1, 0.15) is 5.75 Å². The average molecular weight is 373 g/mol. The summed E-state index contributed by atoms with van der Waals surface area (Å²) in [5.74, 6) is 2.47. The van der Waals surface area contributed by atoms with Gasteiger partial charge in [-0.05, 0) is 55.8 Å². The average Bonchev–Trinajstić information content (AvgIpc) is 2.72. The Morgan fingerprint density at radius 2 is 1.57 bits per heavy atom. The van der Waals surface area contributed by atoms with Gasteiger partial charge in [0, 0.05) is 5.57 Å². The Kier molecular flexibility index (Phi) is 6.47. The second-order valence-electron chi connectivity index (χ2n) is 6.24. The van der Waals surface area contributed by atoms with E-state index in [2.05, 4.69) is 4.99 Å². The highest BCUT2D eigenvalue weighted by Crippen LogP contribution is 2.26. The zero-order valence-corrected chi connectivity index (χ0v) is 16.3. The summed E-state index contributed by atoms with van der Waals surface area (Å²) < 4.78 is 17.2. The van der Waals surface area contributed by atoms with Crippen LogP contribution in [0.15, 0.2) is 95.7 Å². The van der Waals surface area contributed by atoms with Gasteiger partial charge in [0.05, 0.1) is 19.1 Å². The summed E-state index contributed by atoms with van der Waals surface area (Å²) in [6.45, 7) is 3.92. The van der Waals surface area contributed by atoms with Crippen LogP contribution in [0.2, 0.25) is 0 Å². The van der Waals surface area contributed by atoms with Crippen LogP contribution in [0.3, 0.4) is 0 Å². The number of para-hydroxylation sites is 3. The topological polar surface area (TPSA) is 40.0 Å². The van der Waals surface area contributed by atoms with Crippen LogP contribution in [0.4, 0.5) is 5.69 Å². The lowest BCUT2D eigenvalue weighted by Crippen LogP contribution is -2.11. The van der Waals surface area contributed by atoms with E-state index in [-0.39, 0.29) is 0 Å². The van der Waals surface area contributed by atoms with Crippen molar-refractivity contribution in [3.05, 3.63) is 96.3 Å². The van der Waals surface area contributed by atoms with Gasteiger partial charge in [-0.15, -0.1) is 0 Å². The third kappa shape index (κ3) is 5.24. The molecule has 0 aliphatic heterocycles. The third-order valence-corrected chi connectivity index (χ3v) is 3.96. The molecule has 0 radical (unpaired) electrons. The first-order valence-corrected chi connectivity index (χ1v) is 9.01. The van der Waals surface area contributed by atoms with E-state index in [9.17, 15) is 0 Å². The second kappa shape index (κ2) is 9.42. The summed E-state index contributed by atoms with van der Waals surface area (Å²) >= 11 is 0. The van der Waals surface area contributed by atoms with Gasteiger partial charge in [-0.25, -0.2) is 4.99 Å². The molecule has 0 N–H and O–H groups in total. The van der Waals surface area contributed by atoms with Crippen molar-refractivity contribution in [2.75, 3.05) is 7.11 Å². The van der Waals surface area contributed by atoms with Crippen LogP contribution in [0.5, 0.6) is 17.2 Å². The van der Waals surface area contributed by atoms with E-state index in [1.165, 1.54) is 0 Å². The quantitative estimate of drug-likeness (QED) is 0.298. The molecule has 0 unspecified atom stereocenters. The molecule has 3 aromatic rings. The zero-order valence-electron chi connectivity index (χ0n) is 16.3. The molecule has 3 aromatic carbocycles. The molecule has 4 nitrogen and oxygen atoms in total. The Labute approximate surface area is 165 Å². The largest absolute Gasteiger partial charge is 0.493 e. The number of ether oxygens (including phenoxy) is 3. The van der Waals surface area contributed by atoms with Gasteiger partial charge >= 0.3 is 0 Å². The van der Waals surface area contributed by atoms with Crippen molar-refractivity contribution in [3.8, 4) is 17.2 Å². The molecule has 142 valence electrons. The van der Waals surface area contributed by atoms with Crippen LogP contribution in [0, 0.1) is 6.92 Å². The van der Waals surface area contributed by atoms with E-state index < -0.39 is 0 Å². The van der Waals surface area contributed by atoms with Gasteiger partial charge in [-0.3, -0.25) is 0 Å². The van der Waals surface area contributed by atoms with Gasteiger partial charge in [-0.1, -0.05) is 42.5 Å². The second-order valence-corrected chi connectivity index (χ2v) is 6.24. The highest BCUT2D eigenvalue weighted by molar-refractivity contribution is 5.96. The number of hydrogen-bond donors (Lipinski definition) is 0. The molecule has 0 amide bonds. The maximum atomic E-state index is 6.08. The van der Waals surface area contributed by atoms with Crippen molar-refractivity contribution < 1.29 is 14.2 Å². The molecule has 0 heterocycles. The smallest absolute Gasteiger partial charge is 0.225 e. The molecule has 0 saturated heterocycles. The normalized spacial score (nSPS) is 11.8. The summed E-state index contributed by atoms with van der Waals surface area (Å²) in [6.07, 6.45) is 1.62. The van der Waals surface area contributed by atoms with Crippen LogP contribution in [0.25, 0.3) is 0 Å². The third-order valence-electron chi connectivity index (χ3n) is 3.96. The van der Waals surface area contributed by atoms with E-state index in [1.807, 2.05) is 92.7 Å². The minimum Gasteiger partial charge on any atom is -0.493 e. The Balaban J connectivity index is 1.90. The maximum Gasteiger partial charge on any atom is 0.225 e. The molecular weight excluding hydrogens is 350 g/mol. The number of hydrogen-bond acceptors (Lipinski definition) is 4. The Morgan fingerprint density at radius 3 is 2.29 bits per heavy atom. The summed E-state index contributed by atoms with van der Waals surface area (Å²) in [7, 11) is 1.61. The Bertz CT molecular complexity index is 978. The lowest BCUT2D eigenvalue weighted by atomic mass is 10.2. The van der Waals surface area contributed by atoms with E-state index in [1.54, 1.807) is 13.4 Å². The molecule has 4 heteroatoms. The molecule has 0 saturated carbocycles. The molecule has 0 atom stereocenters. The number of aryl methyl sites for hydroxylation is 1. The van der Waals surface area contributed by atoms with Crippen molar-refractivity contribution >= 4 is 11.6 Å². The van der Waals surface area contributed by atoms with Crippen LogP contribution in [0.1, 0.15) is 12.5 Å². The molecule has 0 spiro atoms. The van der Waals surface area contributed by atoms with Gasteiger partial charge in [0.15, 0.2) is 11.5 Å². The molecule has 3 rings (SSSR count). The predicted molar refractivity (Wildman–Crippen MR) is 113 cm³/mol. The van der Waals surface area contributed by atoms with Crippen molar-refractivity contribution in [1.82, 2.24) is 0 Å². The van der Waals surface area contributed by atoms with E-state index >= 15 is 0 Å². The Morgan fingerprint density at radius 1 is 0.857 bits per heavy atom. The van der Waals surface area contributed by atoms with E-state index in [0.29, 0.717) is 17.4 Å². The standard InChI is InChI=1S/C24H23NO3/c1-18-10-9-13-21(16-18)28-24(25-20-11-5-4-6-12-20)19(2)17-27-23-15-8-7-14-22(23)26-3/h4-17H,1-3H3/b19-17?,25-24+. The van der Waals surface area contributed by atoms with Crippen LogP contribution >= 0.6 is 0 Å². The first kappa shape index (κ1) is 19.2. The fraction of sp³-hybridized carbons (Fsp3) is 0.125. The lowest BCUT2D eigenvalue weighted by Gasteiger charge is -2.11. The minimum absolute atomic E-state index is 0.465. The van der Waals surface area contributed by atoms with Crippen molar-refractivity contribution in [2.45, 2.75) is 13.8 Å². The van der Waals surface area contributed by atoms with Crippen LogP contribution in [-0.4, -0.2) is 13.0 Å². The number of rotatable bonds is 6. The highest BCUT2D eigenvalue weighted by atomic mass is 16.5. The molecule has 0 aliphatic rings. The first-order valence-electron chi connectivity index (χ1n) is 9.01. The lowest BCUT2D eigenvalue weighted by molar-refractivity contribution is 0.377. The molecule has 0 bridgehead atoms. The van der Waals surface area contributed by atoms with Crippen molar-refractivity contribution in [2.24, 2.45) is 4.99 Å². The van der Waals surface area contributed by atoms with Gasteiger partial charge in [0.2, 0.25) is 5.90 Å². The molecule has 0 aromatic heterocycles. The predicted octanol–water partition coefficient (Wildman–Crippen LogP) is 6.10. The molecule has 0 aliphatic carbocycles. The van der Waals surface area contributed by atoms with Crippen LogP contribution in [-0.2, 0) is 0 Å². The number of aliphatic imine (C=N–C) groups is 1. The highest BCUT2D eigenvalue weighted by Gasteiger charge is 2.09.